The van der Waals surface area contributed by atoms with Gasteiger partial charge in [-0.3, -0.25) is 19.4 Å². The van der Waals surface area contributed by atoms with Gasteiger partial charge in [0.2, 0.25) is 5.91 Å². The first kappa shape index (κ1) is 18.4. The van der Waals surface area contributed by atoms with Crippen LogP contribution in [-0.2, 0) is 16.6 Å². The summed E-state index contributed by atoms with van der Waals surface area (Å²) in [5.41, 5.74) is -1.92. The minimum Gasteiger partial charge on any atom is -0.383 e. The summed E-state index contributed by atoms with van der Waals surface area (Å²) in [5, 5.41) is 0. The van der Waals surface area contributed by atoms with E-state index in [1.165, 1.54) is 17.8 Å². The highest BCUT2D eigenvalue weighted by atomic mass is 16.5. The molecule has 1 aromatic heterocycles. The van der Waals surface area contributed by atoms with Gasteiger partial charge in [-0.25, -0.2) is 4.79 Å². The number of methoxy groups -OCH3 is 1. The van der Waals surface area contributed by atoms with E-state index < -0.39 is 22.6 Å². The highest BCUT2D eigenvalue weighted by molar-refractivity contribution is 5.95. The zero-order valence-electron chi connectivity index (χ0n) is 15.1. The van der Waals surface area contributed by atoms with Crippen molar-refractivity contribution in [3.8, 4) is 0 Å². The molecule has 2 saturated heterocycles. The number of amides is 2. The Labute approximate surface area is 150 Å². The normalized spacial score (nSPS) is 23.1. The van der Waals surface area contributed by atoms with Crippen LogP contribution in [0.2, 0.25) is 0 Å². The van der Waals surface area contributed by atoms with Gasteiger partial charge in [0.15, 0.2) is 0 Å². The minimum absolute atomic E-state index is 0.0606. The van der Waals surface area contributed by atoms with Gasteiger partial charge in [0.1, 0.15) is 5.56 Å². The van der Waals surface area contributed by atoms with Gasteiger partial charge in [-0.2, -0.15) is 0 Å². The maximum atomic E-state index is 12.9. The number of piperidine rings is 1. The summed E-state index contributed by atoms with van der Waals surface area (Å²) in [4.78, 5) is 54.7. The lowest BCUT2D eigenvalue weighted by Gasteiger charge is -2.39. The van der Waals surface area contributed by atoms with Crippen molar-refractivity contribution < 1.29 is 14.3 Å². The number of rotatable bonds is 4. The molecule has 2 fully saturated rings. The van der Waals surface area contributed by atoms with Crippen molar-refractivity contribution in [3.05, 3.63) is 32.6 Å². The number of nitrogens with one attached hydrogen (secondary N) is 1. The van der Waals surface area contributed by atoms with E-state index >= 15 is 0 Å². The fourth-order valence-electron chi connectivity index (χ4n) is 3.88. The molecule has 2 aliphatic rings. The van der Waals surface area contributed by atoms with E-state index in [0.29, 0.717) is 39.2 Å². The van der Waals surface area contributed by atoms with Crippen LogP contribution >= 0.6 is 0 Å². The predicted molar refractivity (Wildman–Crippen MR) is 92.9 cm³/mol. The minimum atomic E-state index is -0.698. The molecule has 9 heteroatoms. The molecule has 0 unspecified atom stereocenters. The van der Waals surface area contributed by atoms with Crippen LogP contribution in [0.5, 0.6) is 0 Å². The van der Waals surface area contributed by atoms with Gasteiger partial charge in [-0.1, -0.05) is 0 Å². The number of aromatic nitrogens is 2. The molecule has 0 saturated carbocycles. The predicted octanol–water partition coefficient (Wildman–Crippen LogP) is -0.825. The van der Waals surface area contributed by atoms with E-state index in [2.05, 4.69) is 4.98 Å². The van der Waals surface area contributed by atoms with Crippen LogP contribution in [-0.4, -0.2) is 71.1 Å². The third kappa shape index (κ3) is 3.18. The van der Waals surface area contributed by atoms with Crippen molar-refractivity contribution in [2.75, 3.05) is 39.9 Å². The first-order valence-corrected chi connectivity index (χ1v) is 8.75. The number of H-pyrrole nitrogens is 1. The zero-order chi connectivity index (χ0) is 18.9. The molecule has 0 aliphatic carbocycles. The molecule has 0 aromatic carbocycles. The van der Waals surface area contributed by atoms with Crippen LogP contribution in [0.3, 0.4) is 0 Å². The van der Waals surface area contributed by atoms with Gasteiger partial charge in [0.05, 0.1) is 12.0 Å². The third-order valence-corrected chi connectivity index (χ3v) is 5.37. The van der Waals surface area contributed by atoms with Crippen LogP contribution in [0.1, 0.15) is 29.6 Å². The van der Waals surface area contributed by atoms with Gasteiger partial charge in [0, 0.05) is 46.5 Å². The number of carbonyl (C=O) groups is 2. The topological polar surface area (TPSA) is 105 Å². The molecule has 9 nitrogen and oxygen atoms in total. The van der Waals surface area contributed by atoms with Gasteiger partial charge < -0.3 is 19.1 Å². The fraction of sp³-hybridized carbons (Fsp3) is 0.647. The molecule has 0 bridgehead atoms. The molecule has 3 heterocycles. The van der Waals surface area contributed by atoms with E-state index in [9.17, 15) is 19.2 Å². The molecule has 1 N–H and O–H groups in total. The average molecular weight is 364 g/mol. The third-order valence-electron chi connectivity index (χ3n) is 5.37. The van der Waals surface area contributed by atoms with E-state index in [1.807, 2.05) is 0 Å². The SMILES string of the molecule is COCCN1CCC[C@]2(CCN(C(=O)c3cn(C)c(=O)[nH]c3=O)C2)C1=O. The molecule has 142 valence electrons. The number of carbonyl (C=O) groups excluding carboxylic acids is 2. The summed E-state index contributed by atoms with van der Waals surface area (Å²) in [6.07, 6.45) is 3.47. The number of likely N-dealkylation sites (tertiary alicyclic amines) is 2. The molecule has 1 aromatic rings. The average Bonchev–Trinajstić information content (AvgIpc) is 3.04. The summed E-state index contributed by atoms with van der Waals surface area (Å²) in [7, 11) is 3.07. The first-order valence-electron chi connectivity index (χ1n) is 8.75. The molecular weight excluding hydrogens is 340 g/mol. The maximum absolute atomic E-state index is 12.9. The summed E-state index contributed by atoms with van der Waals surface area (Å²) in [6, 6.07) is 0. The second-order valence-electron chi connectivity index (χ2n) is 7.06. The number of aromatic amines is 1. The quantitative estimate of drug-likeness (QED) is 0.751. The number of ether oxygens (including phenoxy) is 1. The molecule has 3 rings (SSSR count). The summed E-state index contributed by atoms with van der Waals surface area (Å²) in [6.45, 7) is 2.46. The highest BCUT2D eigenvalue weighted by Crippen LogP contribution is 2.40. The van der Waals surface area contributed by atoms with Crippen molar-refractivity contribution in [2.45, 2.75) is 19.3 Å². The lowest BCUT2D eigenvalue weighted by atomic mass is 9.78. The van der Waals surface area contributed by atoms with Crippen LogP contribution in [0, 0.1) is 5.41 Å². The van der Waals surface area contributed by atoms with Crippen LogP contribution in [0.4, 0.5) is 0 Å². The Morgan fingerprint density at radius 1 is 1.27 bits per heavy atom. The van der Waals surface area contributed by atoms with Crippen LogP contribution < -0.4 is 11.2 Å². The number of hydrogen-bond donors (Lipinski definition) is 1. The molecule has 2 amide bonds. The van der Waals surface area contributed by atoms with Gasteiger partial charge in [0.25, 0.3) is 11.5 Å². The smallest absolute Gasteiger partial charge is 0.328 e. The standard InChI is InChI=1S/C17H24N4O5/c1-19-10-12(13(22)18-16(19)25)14(23)21-7-5-17(11-21)4-3-6-20(15(17)24)8-9-26-2/h10H,3-9,11H2,1-2H3,(H,18,22,25)/t17-/m1/s1. The molecule has 2 aliphatic heterocycles. The molecule has 0 radical (unpaired) electrons. The van der Waals surface area contributed by atoms with E-state index in [1.54, 1.807) is 16.9 Å². The largest absolute Gasteiger partial charge is 0.383 e. The number of aryl methyl sites for hydroxylation is 1. The first-order chi connectivity index (χ1) is 12.4. The Morgan fingerprint density at radius 3 is 2.77 bits per heavy atom. The van der Waals surface area contributed by atoms with Crippen LogP contribution in [0.15, 0.2) is 15.8 Å². The molecule has 26 heavy (non-hydrogen) atoms. The van der Waals surface area contributed by atoms with E-state index in [-0.39, 0.29) is 11.5 Å². The molecular formula is C17H24N4O5. The zero-order valence-corrected chi connectivity index (χ0v) is 15.1. The Morgan fingerprint density at radius 2 is 2.04 bits per heavy atom. The Hall–Kier alpha value is -2.42. The van der Waals surface area contributed by atoms with Crippen molar-refractivity contribution in [3.63, 3.8) is 0 Å². The second-order valence-corrected chi connectivity index (χ2v) is 7.06. The highest BCUT2D eigenvalue weighted by Gasteiger charge is 2.49. The second kappa shape index (κ2) is 7.06. The lowest BCUT2D eigenvalue weighted by molar-refractivity contribution is -0.146. The number of hydrogen-bond acceptors (Lipinski definition) is 5. The molecule has 1 spiro atoms. The van der Waals surface area contributed by atoms with Gasteiger partial charge in [-0.15, -0.1) is 0 Å². The van der Waals surface area contributed by atoms with Crippen molar-refractivity contribution in [1.82, 2.24) is 19.4 Å². The maximum Gasteiger partial charge on any atom is 0.328 e. The van der Waals surface area contributed by atoms with Crippen molar-refractivity contribution >= 4 is 11.8 Å². The van der Waals surface area contributed by atoms with Crippen molar-refractivity contribution in [2.24, 2.45) is 12.5 Å². The Balaban J connectivity index is 1.78. The summed E-state index contributed by atoms with van der Waals surface area (Å²) >= 11 is 0. The molecule has 1 atom stereocenters. The fourth-order valence-corrected chi connectivity index (χ4v) is 3.88. The van der Waals surface area contributed by atoms with Gasteiger partial charge >= 0.3 is 5.69 Å². The van der Waals surface area contributed by atoms with E-state index in [4.69, 9.17) is 4.74 Å². The van der Waals surface area contributed by atoms with Crippen LogP contribution in [0.25, 0.3) is 0 Å². The number of nitrogens with zero attached hydrogens (tertiary/aromatic N) is 3. The summed E-state index contributed by atoms with van der Waals surface area (Å²) in [5.74, 6) is -0.383. The summed E-state index contributed by atoms with van der Waals surface area (Å²) < 4.78 is 6.24. The Bertz CT molecular complexity index is 829. The Kier molecular flexibility index (Phi) is 4.99. The van der Waals surface area contributed by atoms with E-state index in [0.717, 1.165) is 12.8 Å². The monoisotopic (exact) mass is 364 g/mol. The lowest BCUT2D eigenvalue weighted by Crippen LogP contribution is -2.51. The van der Waals surface area contributed by atoms with Crippen molar-refractivity contribution in [1.29, 1.82) is 0 Å². The van der Waals surface area contributed by atoms with Gasteiger partial charge in [-0.05, 0) is 19.3 Å².